The molecule has 3 heteroatoms. The van der Waals surface area contributed by atoms with Gasteiger partial charge in [0, 0.05) is 6.54 Å². The number of rotatable bonds is 5. The Bertz CT molecular complexity index is 681. The van der Waals surface area contributed by atoms with Crippen LogP contribution in [0.25, 0.3) is 5.57 Å². The molecule has 1 N–H and O–H groups in total. The molecule has 1 aromatic carbocycles. The molecule has 0 heterocycles. The standard InChI is InChI=1S/C19H23NO2/c1-12-5-6-16-10-14(3)17(18(16)9-12)11-19(22)20-8-7-13(2)15(4)21/h5-7,9H,8,10-11H2,1-4H3,(H,20,22)/b13-7-. The number of aryl methyl sites for hydroxylation is 1. The predicted molar refractivity (Wildman–Crippen MR) is 89.5 cm³/mol. The third-order valence-corrected chi connectivity index (χ3v) is 4.16. The van der Waals surface area contributed by atoms with Crippen molar-refractivity contribution in [1.82, 2.24) is 5.32 Å². The average molecular weight is 297 g/mol. The van der Waals surface area contributed by atoms with Crippen LogP contribution in [0.1, 0.15) is 43.9 Å². The van der Waals surface area contributed by atoms with Crippen LogP contribution in [0.4, 0.5) is 0 Å². The van der Waals surface area contributed by atoms with Crippen LogP contribution in [0.15, 0.2) is 35.4 Å². The van der Waals surface area contributed by atoms with E-state index in [1.165, 1.54) is 29.2 Å². The number of carbonyl (C=O) groups is 2. The summed E-state index contributed by atoms with van der Waals surface area (Å²) in [7, 11) is 0. The highest BCUT2D eigenvalue weighted by atomic mass is 16.1. The van der Waals surface area contributed by atoms with Crippen molar-refractivity contribution in [2.24, 2.45) is 0 Å². The van der Waals surface area contributed by atoms with Crippen molar-refractivity contribution in [3.8, 4) is 0 Å². The van der Waals surface area contributed by atoms with Gasteiger partial charge in [0.25, 0.3) is 0 Å². The van der Waals surface area contributed by atoms with E-state index in [0.717, 1.165) is 12.0 Å². The number of fused-ring (bicyclic) bond motifs is 1. The van der Waals surface area contributed by atoms with Gasteiger partial charge in [-0.25, -0.2) is 0 Å². The number of allylic oxidation sites excluding steroid dienone is 2. The van der Waals surface area contributed by atoms with Gasteiger partial charge in [0.1, 0.15) is 0 Å². The van der Waals surface area contributed by atoms with Crippen LogP contribution in [0.5, 0.6) is 0 Å². The largest absolute Gasteiger partial charge is 0.352 e. The van der Waals surface area contributed by atoms with Gasteiger partial charge in [0.15, 0.2) is 5.78 Å². The van der Waals surface area contributed by atoms with Gasteiger partial charge in [-0.05, 0) is 56.4 Å². The summed E-state index contributed by atoms with van der Waals surface area (Å²) in [6, 6.07) is 6.43. The summed E-state index contributed by atoms with van der Waals surface area (Å²) in [5.74, 6) is 0.0318. The molecule has 0 saturated heterocycles. The Morgan fingerprint density at radius 3 is 2.64 bits per heavy atom. The predicted octanol–water partition coefficient (Wildman–Crippen LogP) is 3.37. The minimum Gasteiger partial charge on any atom is -0.352 e. The van der Waals surface area contributed by atoms with Crippen molar-refractivity contribution in [3.05, 3.63) is 52.1 Å². The summed E-state index contributed by atoms with van der Waals surface area (Å²) in [5, 5.41) is 2.86. The van der Waals surface area contributed by atoms with E-state index >= 15 is 0 Å². The van der Waals surface area contributed by atoms with Crippen LogP contribution < -0.4 is 5.32 Å². The molecule has 3 nitrogen and oxygen atoms in total. The molecule has 1 aliphatic carbocycles. The zero-order valence-corrected chi connectivity index (χ0v) is 13.7. The van der Waals surface area contributed by atoms with E-state index in [-0.39, 0.29) is 11.7 Å². The normalized spacial score (nSPS) is 14.1. The SMILES string of the molecule is CC(=O)/C(C)=C\CNC(=O)CC1=C(C)Cc2ccc(C)cc21. The summed E-state index contributed by atoms with van der Waals surface area (Å²) in [5.41, 5.74) is 6.82. The minimum atomic E-state index is -0.00342. The highest BCUT2D eigenvalue weighted by molar-refractivity contribution is 5.93. The maximum atomic E-state index is 12.1. The van der Waals surface area contributed by atoms with Crippen molar-refractivity contribution >= 4 is 17.3 Å². The van der Waals surface area contributed by atoms with E-state index in [1.54, 1.807) is 13.0 Å². The Morgan fingerprint density at radius 1 is 1.23 bits per heavy atom. The van der Waals surface area contributed by atoms with E-state index in [9.17, 15) is 9.59 Å². The Hall–Kier alpha value is -2.16. The first-order valence-electron chi connectivity index (χ1n) is 7.61. The number of hydrogen-bond acceptors (Lipinski definition) is 2. The minimum absolute atomic E-state index is 0.00342. The van der Waals surface area contributed by atoms with Crippen LogP contribution in [-0.2, 0) is 16.0 Å². The van der Waals surface area contributed by atoms with Gasteiger partial charge in [-0.1, -0.05) is 35.4 Å². The molecule has 0 radical (unpaired) electrons. The van der Waals surface area contributed by atoms with Crippen molar-refractivity contribution in [3.63, 3.8) is 0 Å². The van der Waals surface area contributed by atoms with Gasteiger partial charge in [-0.15, -0.1) is 0 Å². The molecule has 1 amide bonds. The average Bonchev–Trinajstić information content (AvgIpc) is 2.74. The van der Waals surface area contributed by atoms with Gasteiger partial charge in [0.05, 0.1) is 6.42 Å². The number of benzene rings is 1. The van der Waals surface area contributed by atoms with E-state index in [2.05, 4.69) is 37.4 Å². The fourth-order valence-corrected chi connectivity index (χ4v) is 2.68. The highest BCUT2D eigenvalue weighted by Gasteiger charge is 2.20. The lowest BCUT2D eigenvalue weighted by Crippen LogP contribution is -2.23. The second kappa shape index (κ2) is 6.73. The number of amides is 1. The van der Waals surface area contributed by atoms with Gasteiger partial charge in [-0.3, -0.25) is 9.59 Å². The smallest absolute Gasteiger partial charge is 0.224 e. The Labute approximate surface area is 132 Å². The van der Waals surface area contributed by atoms with Gasteiger partial charge in [0.2, 0.25) is 5.91 Å². The molecule has 2 rings (SSSR count). The van der Waals surface area contributed by atoms with E-state index in [0.29, 0.717) is 18.5 Å². The summed E-state index contributed by atoms with van der Waals surface area (Å²) < 4.78 is 0. The van der Waals surface area contributed by atoms with Gasteiger partial charge < -0.3 is 5.32 Å². The molecule has 1 aliphatic rings. The Morgan fingerprint density at radius 2 is 1.95 bits per heavy atom. The fraction of sp³-hybridized carbons (Fsp3) is 0.368. The Kier molecular flexibility index (Phi) is 4.96. The van der Waals surface area contributed by atoms with Crippen LogP contribution in [0, 0.1) is 6.92 Å². The molecule has 1 aromatic rings. The number of nitrogens with one attached hydrogen (secondary N) is 1. The third kappa shape index (κ3) is 3.73. The quantitative estimate of drug-likeness (QED) is 0.847. The van der Waals surface area contributed by atoms with Crippen LogP contribution in [0.2, 0.25) is 0 Å². The number of Topliss-reactive ketones (excluding diaryl/α,β-unsaturated/α-hetero) is 1. The molecule has 0 aliphatic heterocycles. The van der Waals surface area contributed by atoms with E-state index < -0.39 is 0 Å². The molecule has 0 fully saturated rings. The van der Waals surface area contributed by atoms with Crippen molar-refractivity contribution in [1.29, 1.82) is 0 Å². The monoisotopic (exact) mass is 297 g/mol. The summed E-state index contributed by atoms with van der Waals surface area (Å²) in [6.45, 7) is 7.85. The molecule has 0 unspecified atom stereocenters. The van der Waals surface area contributed by atoms with E-state index in [4.69, 9.17) is 0 Å². The fourth-order valence-electron chi connectivity index (χ4n) is 2.68. The van der Waals surface area contributed by atoms with Crippen molar-refractivity contribution < 1.29 is 9.59 Å². The lowest BCUT2D eigenvalue weighted by atomic mass is 10.0. The van der Waals surface area contributed by atoms with Gasteiger partial charge in [-0.2, -0.15) is 0 Å². The summed E-state index contributed by atoms with van der Waals surface area (Å²) in [4.78, 5) is 23.3. The van der Waals surface area contributed by atoms with E-state index in [1.807, 2.05) is 0 Å². The molecule has 0 spiro atoms. The van der Waals surface area contributed by atoms with Crippen LogP contribution >= 0.6 is 0 Å². The van der Waals surface area contributed by atoms with Gasteiger partial charge >= 0.3 is 0 Å². The molecule has 0 saturated carbocycles. The lowest BCUT2D eigenvalue weighted by molar-refractivity contribution is -0.120. The number of hydrogen-bond donors (Lipinski definition) is 1. The van der Waals surface area contributed by atoms with Crippen LogP contribution in [0.3, 0.4) is 0 Å². The van der Waals surface area contributed by atoms with Crippen molar-refractivity contribution in [2.45, 2.75) is 40.5 Å². The molecule has 0 aromatic heterocycles. The first kappa shape index (κ1) is 16.2. The molecule has 22 heavy (non-hydrogen) atoms. The topological polar surface area (TPSA) is 46.2 Å². The molecule has 116 valence electrons. The number of carbonyl (C=O) groups excluding carboxylic acids is 2. The molecule has 0 atom stereocenters. The van der Waals surface area contributed by atoms with Crippen LogP contribution in [-0.4, -0.2) is 18.2 Å². The number of ketones is 1. The Balaban J connectivity index is 2.01. The lowest BCUT2D eigenvalue weighted by Gasteiger charge is -2.08. The second-order valence-electron chi connectivity index (χ2n) is 6.02. The zero-order valence-electron chi connectivity index (χ0n) is 13.7. The molecular weight excluding hydrogens is 274 g/mol. The maximum absolute atomic E-state index is 12.1. The zero-order chi connectivity index (χ0) is 16.3. The molecule has 0 bridgehead atoms. The summed E-state index contributed by atoms with van der Waals surface area (Å²) in [6.07, 6.45) is 3.09. The highest BCUT2D eigenvalue weighted by Crippen LogP contribution is 2.35. The first-order chi connectivity index (χ1) is 10.4. The molecular formula is C19H23NO2. The summed E-state index contributed by atoms with van der Waals surface area (Å²) >= 11 is 0. The first-order valence-corrected chi connectivity index (χ1v) is 7.61. The second-order valence-corrected chi connectivity index (χ2v) is 6.02. The third-order valence-electron chi connectivity index (χ3n) is 4.16. The maximum Gasteiger partial charge on any atom is 0.224 e. The van der Waals surface area contributed by atoms with Crippen molar-refractivity contribution in [2.75, 3.05) is 6.54 Å².